The third kappa shape index (κ3) is 2.69. The molecule has 0 spiro atoms. The standard InChI is InChI=1S/C16H13ClN2S/c17-13-9-5-4-8-12(13)15-10-14(18-16(20)19-15)11-6-2-1-3-7-11/h1-10,14H,(H2,18,19,20)/t14-/m0/s1. The Labute approximate surface area is 128 Å². The van der Waals surface area contributed by atoms with Gasteiger partial charge in [0.2, 0.25) is 0 Å². The molecule has 20 heavy (non-hydrogen) atoms. The molecule has 0 bridgehead atoms. The maximum atomic E-state index is 6.25. The molecule has 0 radical (unpaired) electrons. The van der Waals surface area contributed by atoms with E-state index >= 15 is 0 Å². The lowest BCUT2D eigenvalue weighted by Gasteiger charge is -2.26. The van der Waals surface area contributed by atoms with E-state index in [0.29, 0.717) is 10.1 Å². The number of hydrogen-bond donors (Lipinski definition) is 2. The Balaban J connectivity index is 2.01. The minimum absolute atomic E-state index is 0.0521. The van der Waals surface area contributed by atoms with Crippen molar-refractivity contribution in [2.45, 2.75) is 6.04 Å². The van der Waals surface area contributed by atoms with E-state index in [-0.39, 0.29) is 6.04 Å². The van der Waals surface area contributed by atoms with Gasteiger partial charge in [-0.15, -0.1) is 0 Å². The molecule has 4 heteroatoms. The Morgan fingerprint density at radius 2 is 1.65 bits per heavy atom. The van der Waals surface area contributed by atoms with Crippen LogP contribution in [0.4, 0.5) is 0 Å². The van der Waals surface area contributed by atoms with Gasteiger partial charge in [-0.1, -0.05) is 60.1 Å². The zero-order valence-electron chi connectivity index (χ0n) is 10.6. The minimum Gasteiger partial charge on any atom is -0.352 e. The summed E-state index contributed by atoms with van der Waals surface area (Å²) < 4.78 is 0. The van der Waals surface area contributed by atoms with E-state index < -0.39 is 0 Å². The average Bonchev–Trinajstić information content (AvgIpc) is 2.48. The highest BCUT2D eigenvalue weighted by Gasteiger charge is 2.19. The first kappa shape index (κ1) is 13.2. The Morgan fingerprint density at radius 3 is 2.40 bits per heavy atom. The lowest BCUT2D eigenvalue weighted by atomic mass is 10.0. The summed E-state index contributed by atoms with van der Waals surface area (Å²) >= 11 is 11.6. The molecule has 0 amide bonds. The number of thiocarbonyl (C=S) groups is 1. The first-order valence-corrected chi connectivity index (χ1v) is 7.12. The zero-order valence-corrected chi connectivity index (χ0v) is 12.2. The van der Waals surface area contributed by atoms with Gasteiger partial charge in [0, 0.05) is 16.3 Å². The first-order valence-electron chi connectivity index (χ1n) is 6.33. The third-order valence-corrected chi connectivity index (χ3v) is 3.74. The predicted octanol–water partition coefficient (Wildman–Crippen LogP) is 3.90. The average molecular weight is 301 g/mol. The van der Waals surface area contributed by atoms with E-state index in [0.717, 1.165) is 11.3 Å². The van der Waals surface area contributed by atoms with Crippen molar-refractivity contribution in [3.05, 3.63) is 76.8 Å². The van der Waals surface area contributed by atoms with Crippen LogP contribution in [0, 0.1) is 0 Å². The molecule has 0 fully saturated rings. The molecule has 2 aromatic carbocycles. The molecule has 0 aromatic heterocycles. The van der Waals surface area contributed by atoms with Crippen LogP contribution in [-0.4, -0.2) is 5.11 Å². The molecule has 1 aliphatic heterocycles. The molecular formula is C16H13ClN2S. The van der Waals surface area contributed by atoms with Gasteiger partial charge >= 0.3 is 0 Å². The fourth-order valence-electron chi connectivity index (χ4n) is 2.23. The number of rotatable bonds is 2. The van der Waals surface area contributed by atoms with E-state index in [9.17, 15) is 0 Å². The smallest absolute Gasteiger partial charge is 0.171 e. The zero-order chi connectivity index (χ0) is 13.9. The van der Waals surface area contributed by atoms with Gasteiger partial charge in [-0.05, 0) is 29.9 Å². The number of benzene rings is 2. The van der Waals surface area contributed by atoms with Crippen LogP contribution < -0.4 is 10.6 Å². The highest BCUT2D eigenvalue weighted by atomic mass is 35.5. The number of halogens is 1. The second-order valence-electron chi connectivity index (χ2n) is 4.55. The van der Waals surface area contributed by atoms with Gasteiger partial charge in [0.05, 0.1) is 6.04 Å². The summed E-state index contributed by atoms with van der Waals surface area (Å²) in [5.41, 5.74) is 3.06. The molecular weight excluding hydrogens is 288 g/mol. The molecule has 0 saturated heterocycles. The number of hydrogen-bond acceptors (Lipinski definition) is 1. The predicted molar refractivity (Wildman–Crippen MR) is 87.5 cm³/mol. The summed E-state index contributed by atoms with van der Waals surface area (Å²) in [6, 6.07) is 18.0. The van der Waals surface area contributed by atoms with Gasteiger partial charge in [0.1, 0.15) is 0 Å². The van der Waals surface area contributed by atoms with Gasteiger partial charge in [-0.2, -0.15) is 0 Å². The van der Waals surface area contributed by atoms with Crippen molar-refractivity contribution >= 4 is 34.6 Å². The Bertz CT molecular complexity index is 667. The van der Waals surface area contributed by atoms with Crippen molar-refractivity contribution in [1.82, 2.24) is 10.6 Å². The second-order valence-corrected chi connectivity index (χ2v) is 5.36. The number of nitrogens with one attached hydrogen (secondary N) is 2. The summed E-state index contributed by atoms with van der Waals surface area (Å²) in [6.07, 6.45) is 2.10. The summed E-state index contributed by atoms with van der Waals surface area (Å²) in [5.74, 6) is 0. The van der Waals surface area contributed by atoms with E-state index in [1.54, 1.807) is 0 Å². The highest BCUT2D eigenvalue weighted by molar-refractivity contribution is 7.80. The fourth-order valence-corrected chi connectivity index (χ4v) is 2.70. The molecule has 1 atom stereocenters. The van der Waals surface area contributed by atoms with Gasteiger partial charge < -0.3 is 10.6 Å². The van der Waals surface area contributed by atoms with E-state index in [1.807, 2.05) is 42.5 Å². The van der Waals surface area contributed by atoms with Crippen molar-refractivity contribution in [3.63, 3.8) is 0 Å². The Hall–Kier alpha value is -1.84. The van der Waals surface area contributed by atoms with Crippen molar-refractivity contribution in [3.8, 4) is 0 Å². The van der Waals surface area contributed by atoms with Crippen LogP contribution in [0.15, 0.2) is 60.7 Å². The van der Waals surface area contributed by atoms with Gasteiger partial charge in [-0.3, -0.25) is 0 Å². The Kier molecular flexibility index (Phi) is 3.72. The van der Waals surface area contributed by atoms with Crippen molar-refractivity contribution in [2.24, 2.45) is 0 Å². The van der Waals surface area contributed by atoms with E-state index in [2.05, 4.69) is 28.8 Å². The Morgan fingerprint density at radius 1 is 0.950 bits per heavy atom. The van der Waals surface area contributed by atoms with Crippen LogP contribution in [0.2, 0.25) is 5.02 Å². The molecule has 1 heterocycles. The maximum Gasteiger partial charge on any atom is 0.171 e. The largest absolute Gasteiger partial charge is 0.352 e. The summed E-state index contributed by atoms with van der Waals surface area (Å²) in [4.78, 5) is 0. The van der Waals surface area contributed by atoms with E-state index in [1.165, 1.54) is 5.56 Å². The quantitative estimate of drug-likeness (QED) is 0.823. The van der Waals surface area contributed by atoms with Gasteiger partial charge in [-0.25, -0.2) is 0 Å². The monoisotopic (exact) mass is 300 g/mol. The molecule has 3 rings (SSSR count). The normalized spacial score (nSPS) is 17.9. The van der Waals surface area contributed by atoms with Crippen LogP contribution in [0.1, 0.15) is 17.2 Å². The van der Waals surface area contributed by atoms with Crippen LogP contribution in [-0.2, 0) is 0 Å². The van der Waals surface area contributed by atoms with Crippen molar-refractivity contribution in [1.29, 1.82) is 0 Å². The van der Waals surface area contributed by atoms with Crippen molar-refractivity contribution < 1.29 is 0 Å². The lowest BCUT2D eigenvalue weighted by molar-refractivity contribution is 0.765. The van der Waals surface area contributed by atoms with Crippen molar-refractivity contribution in [2.75, 3.05) is 0 Å². The molecule has 0 unspecified atom stereocenters. The second kappa shape index (κ2) is 5.65. The molecule has 100 valence electrons. The van der Waals surface area contributed by atoms with Gasteiger partial charge in [0.15, 0.2) is 5.11 Å². The van der Waals surface area contributed by atoms with Crippen LogP contribution in [0.3, 0.4) is 0 Å². The topological polar surface area (TPSA) is 24.1 Å². The van der Waals surface area contributed by atoms with Crippen LogP contribution in [0.25, 0.3) is 5.70 Å². The SMILES string of the molecule is S=C1NC(c2ccccc2Cl)=C[C@@H](c2ccccc2)N1. The molecule has 2 nitrogen and oxygen atoms in total. The molecule has 0 saturated carbocycles. The minimum atomic E-state index is 0.0521. The highest BCUT2D eigenvalue weighted by Crippen LogP contribution is 2.27. The van der Waals surface area contributed by atoms with Crippen LogP contribution >= 0.6 is 23.8 Å². The summed E-state index contributed by atoms with van der Waals surface area (Å²) in [5, 5.41) is 7.74. The van der Waals surface area contributed by atoms with E-state index in [4.69, 9.17) is 23.8 Å². The first-order chi connectivity index (χ1) is 9.74. The maximum absolute atomic E-state index is 6.25. The lowest BCUT2D eigenvalue weighted by Crippen LogP contribution is -2.40. The molecule has 2 N–H and O–H groups in total. The summed E-state index contributed by atoms with van der Waals surface area (Å²) in [6.45, 7) is 0. The molecule has 2 aromatic rings. The summed E-state index contributed by atoms with van der Waals surface area (Å²) in [7, 11) is 0. The fraction of sp³-hybridized carbons (Fsp3) is 0.0625. The molecule has 0 aliphatic carbocycles. The third-order valence-electron chi connectivity index (χ3n) is 3.19. The van der Waals surface area contributed by atoms with Crippen LogP contribution in [0.5, 0.6) is 0 Å². The molecule has 1 aliphatic rings. The van der Waals surface area contributed by atoms with Gasteiger partial charge in [0.25, 0.3) is 0 Å².